The van der Waals surface area contributed by atoms with Crippen LogP contribution in [0.3, 0.4) is 0 Å². The van der Waals surface area contributed by atoms with E-state index < -0.39 is 45.9 Å². The summed E-state index contributed by atoms with van der Waals surface area (Å²) in [5, 5.41) is 14.5. The molecule has 3 aromatic carbocycles. The number of amides is 4. The van der Waals surface area contributed by atoms with Gasteiger partial charge in [0, 0.05) is 31.3 Å². The molecule has 0 bridgehead atoms. The Kier molecular flexibility index (Phi) is 15.8. The third-order valence-corrected chi connectivity index (χ3v) is 9.58. The molecule has 0 aliphatic rings. The monoisotopic (exact) mass is 736 g/mol. The highest BCUT2D eigenvalue weighted by molar-refractivity contribution is 7.92. The quantitative estimate of drug-likeness (QED) is 0.125. The summed E-state index contributed by atoms with van der Waals surface area (Å²) in [4.78, 5) is 53.0. The van der Waals surface area contributed by atoms with Crippen molar-refractivity contribution >= 4 is 39.3 Å². The molecule has 3 rings (SSSR count). The second-order valence-electron chi connectivity index (χ2n) is 13.0. The molecule has 3 aromatic rings. The first-order chi connectivity index (χ1) is 24.6. The lowest BCUT2D eigenvalue weighted by Gasteiger charge is -2.25. The summed E-state index contributed by atoms with van der Waals surface area (Å²) in [6.07, 6.45) is 1.03. The Bertz CT molecular complexity index is 1760. The van der Waals surface area contributed by atoms with Crippen molar-refractivity contribution in [2.45, 2.75) is 65.4 Å². The van der Waals surface area contributed by atoms with E-state index in [2.05, 4.69) is 26.6 Å². The summed E-state index contributed by atoms with van der Waals surface area (Å²) in [6.45, 7) is 9.83. The molecule has 0 saturated heterocycles. The fourth-order valence-electron chi connectivity index (χ4n) is 5.17. The Morgan fingerprint density at radius 1 is 0.788 bits per heavy atom. The molecule has 5 N–H and O–H groups in total. The number of hydrogen-bond donors (Lipinski definition) is 5. The fourth-order valence-corrected chi connectivity index (χ4v) is 5.66. The summed E-state index contributed by atoms with van der Waals surface area (Å²) >= 11 is 0. The average Bonchev–Trinajstić information content (AvgIpc) is 3.12. The number of sulfonamides is 1. The van der Waals surface area contributed by atoms with Gasteiger partial charge in [-0.1, -0.05) is 74.5 Å². The topological polar surface area (TPSA) is 175 Å². The van der Waals surface area contributed by atoms with Crippen LogP contribution < -0.4 is 30.9 Å². The number of benzene rings is 3. The Morgan fingerprint density at radius 3 is 1.92 bits per heavy atom. The lowest BCUT2D eigenvalue weighted by atomic mass is 10.0. The number of nitrogens with zero attached hydrogens (tertiary/aromatic N) is 1. The maximum absolute atomic E-state index is 13.8. The van der Waals surface area contributed by atoms with Gasteiger partial charge in [-0.05, 0) is 56.0 Å². The molecule has 0 saturated carbocycles. The summed E-state index contributed by atoms with van der Waals surface area (Å²) in [5.74, 6) is -1.89. The maximum Gasteiger partial charge on any atom is 0.251 e. The lowest BCUT2D eigenvalue weighted by Crippen LogP contribution is -2.55. The fraction of sp³-hybridized carbons (Fsp3) is 0.421. The van der Waals surface area contributed by atoms with Gasteiger partial charge < -0.3 is 31.3 Å². The first kappa shape index (κ1) is 41.6. The van der Waals surface area contributed by atoms with Crippen LogP contribution in [-0.2, 0) is 31.0 Å². The molecular weight excluding hydrogens is 685 g/mol. The van der Waals surface area contributed by atoms with Gasteiger partial charge in [0.1, 0.15) is 6.04 Å². The smallest absolute Gasteiger partial charge is 0.251 e. The summed E-state index contributed by atoms with van der Waals surface area (Å²) in [7, 11) is -2.40. The zero-order valence-corrected chi connectivity index (χ0v) is 31.8. The van der Waals surface area contributed by atoms with E-state index in [1.54, 1.807) is 13.8 Å². The number of carbonyl (C=O) groups is 4. The van der Waals surface area contributed by atoms with Crippen LogP contribution in [0.5, 0.6) is 0 Å². The molecule has 0 aliphatic heterocycles. The molecule has 0 heterocycles. The van der Waals surface area contributed by atoms with Gasteiger partial charge in [-0.3, -0.25) is 23.5 Å². The van der Waals surface area contributed by atoms with Crippen molar-refractivity contribution in [3.8, 4) is 0 Å². The number of anilines is 1. The highest BCUT2D eigenvalue weighted by Crippen LogP contribution is 2.22. The van der Waals surface area contributed by atoms with Gasteiger partial charge >= 0.3 is 0 Å². The second-order valence-corrected chi connectivity index (χ2v) is 15.0. The van der Waals surface area contributed by atoms with Crippen LogP contribution in [0.4, 0.5) is 5.69 Å². The summed E-state index contributed by atoms with van der Waals surface area (Å²) < 4.78 is 31.9. The summed E-state index contributed by atoms with van der Waals surface area (Å²) in [5.41, 5.74) is 2.06. The third kappa shape index (κ3) is 12.8. The van der Waals surface area contributed by atoms with E-state index in [0.29, 0.717) is 6.54 Å². The van der Waals surface area contributed by atoms with Crippen molar-refractivity contribution in [3.05, 3.63) is 101 Å². The molecule has 4 atom stereocenters. The van der Waals surface area contributed by atoms with Crippen LogP contribution in [0.15, 0.2) is 78.9 Å². The standard InChI is InChI=1S/C38H52N6O7S/c1-8-39-38(48)34(25(2)3)43-35(45)27(5)40-22-32(24-51-23-28-15-11-9-12-16-28)42-37(47)31-19-30(20-33(21-31)44(6)52(7,49)50)36(46)41-26(4)29-17-13-10-14-18-29/h9-21,25-27,32,34,40H,8,22-24H2,1-7H3,(H,39,48)(H,41,46)(H,42,47)(H,43,45)/t26-,27+,32-,34+/m1/s1. The Morgan fingerprint density at radius 2 is 1.37 bits per heavy atom. The van der Waals surface area contributed by atoms with Gasteiger partial charge in [-0.25, -0.2) is 8.42 Å². The molecule has 0 aliphatic carbocycles. The average molecular weight is 737 g/mol. The number of hydrogen-bond acceptors (Lipinski definition) is 8. The van der Waals surface area contributed by atoms with Crippen LogP contribution in [-0.4, -0.2) is 83.2 Å². The van der Waals surface area contributed by atoms with Crippen molar-refractivity contribution in [3.63, 3.8) is 0 Å². The van der Waals surface area contributed by atoms with Gasteiger partial charge in [0.25, 0.3) is 11.8 Å². The van der Waals surface area contributed by atoms with Crippen molar-refractivity contribution in [2.75, 3.05) is 37.3 Å². The van der Waals surface area contributed by atoms with E-state index in [9.17, 15) is 27.6 Å². The number of likely N-dealkylation sites (N-methyl/N-ethyl adjacent to an activating group) is 1. The van der Waals surface area contributed by atoms with Gasteiger partial charge in [0.05, 0.1) is 43.3 Å². The van der Waals surface area contributed by atoms with E-state index in [4.69, 9.17) is 4.74 Å². The molecule has 0 fully saturated rings. The lowest BCUT2D eigenvalue weighted by molar-refractivity contribution is -0.130. The van der Waals surface area contributed by atoms with Gasteiger partial charge in [-0.15, -0.1) is 0 Å². The minimum absolute atomic E-state index is 0.0473. The Hall–Kier alpha value is -4.79. The zero-order valence-electron chi connectivity index (χ0n) is 30.9. The van der Waals surface area contributed by atoms with Crippen LogP contribution in [0.2, 0.25) is 0 Å². The number of rotatable bonds is 19. The normalized spacial score (nSPS) is 13.7. The highest BCUT2D eigenvalue weighted by atomic mass is 32.2. The van der Waals surface area contributed by atoms with E-state index >= 15 is 0 Å². The van der Waals surface area contributed by atoms with Crippen molar-refractivity contribution in [1.29, 1.82) is 0 Å². The predicted molar refractivity (Wildman–Crippen MR) is 202 cm³/mol. The molecule has 14 heteroatoms. The first-order valence-electron chi connectivity index (χ1n) is 17.3. The van der Waals surface area contributed by atoms with Crippen molar-refractivity contribution < 1.29 is 32.3 Å². The van der Waals surface area contributed by atoms with Crippen molar-refractivity contribution in [2.24, 2.45) is 5.92 Å². The molecule has 282 valence electrons. The second kappa shape index (κ2) is 19.7. The molecule has 4 amide bonds. The third-order valence-electron chi connectivity index (χ3n) is 8.38. The van der Waals surface area contributed by atoms with Crippen LogP contribution in [0.25, 0.3) is 0 Å². The van der Waals surface area contributed by atoms with Gasteiger partial charge in [-0.2, -0.15) is 0 Å². The molecule has 0 spiro atoms. The van der Waals surface area contributed by atoms with Crippen LogP contribution >= 0.6 is 0 Å². The zero-order chi connectivity index (χ0) is 38.4. The van der Waals surface area contributed by atoms with E-state index in [1.165, 1.54) is 25.2 Å². The van der Waals surface area contributed by atoms with Crippen molar-refractivity contribution in [1.82, 2.24) is 26.6 Å². The predicted octanol–water partition coefficient (Wildman–Crippen LogP) is 3.14. The molecule has 0 aromatic heterocycles. The highest BCUT2D eigenvalue weighted by Gasteiger charge is 2.27. The van der Waals surface area contributed by atoms with Gasteiger partial charge in [0.2, 0.25) is 21.8 Å². The molecule has 52 heavy (non-hydrogen) atoms. The minimum Gasteiger partial charge on any atom is -0.375 e. The minimum atomic E-state index is -3.74. The number of carbonyl (C=O) groups excluding carboxylic acids is 4. The van der Waals surface area contributed by atoms with E-state index in [1.807, 2.05) is 81.4 Å². The largest absolute Gasteiger partial charge is 0.375 e. The molecule has 13 nitrogen and oxygen atoms in total. The van der Waals surface area contributed by atoms with Crippen LogP contribution in [0, 0.1) is 5.92 Å². The SMILES string of the molecule is CCNC(=O)[C@@H](NC(=O)[C@H](C)NC[C@H](COCc1ccccc1)NC(=O)c1cc(C(=O)N[C@H](C)c2ccccc2)cc(N(C)S(C)(=O)=O)c1)C(C)C. The first-order valence-corrected chi connectivity index (χ1v) is 19.1. The molecule has 0 radical (unpaired) electrons. The maximum atomic E-state index is 13.8. The Labute approximate surface area is 307 Å². The van der Waals surface area contributed by atoms with Gasteiger partial charge in [0.15, 0.2) is 0 Å². The van der Waals surface area contributed by atoms with Crippen LogP contribution in [0.1, 0.15) is 72.5 Å². The summed E-state index contributed by atoms with van der Waals surface area (Å²) in [6, 6.07) is 20.6. The molecule has 0 unspecified atom stereocenters. The number of nitrogens with one attached hydrogen (secondary N) is 5. The Balaban J connectivity index is 1.84. The van der Waals surface area contributed by atoms with E-state index in [-0.39, 0.29) is 54.4 Å². The number of ether oxygens (including phenoxy) is 1. The molecular formula is C38H52N6O7S. The van der Waals surface area contributed by atoms with E-state index in [0.717, 1.165) is 21.7 Å².